The molecular formula is C9H11FN2O2. The number of aliphatic hydroxyl groups excluding tert-OH is 1. The van der Waals surface area contributed by atoms with Crippen molar-refractivity contribution in [1.82, 2.24) is 10.3 Å². The van der Waals surface area contributed by atoms with E-state index in [4.69, 9.17) is 5.11 Å². The van der Waals surface area contributed by atoms with Crippen LogP contribution in [0.3, 0.4) is 0 Å². The van der Waals surface area contributed by atoms with Crippen LogP contribution in [0.5, 0.6) is 0 Å². The molecule has 0 aromatic carbocycles. The van der Waals surface area contributed by atoms with Crippen LogP contribution in [0.1, 0.15) is 17.3 Å². The summed E-state index contributed by atoms with van der Waals surface area (Å²) in [5.74, 6) is -1.38. The van der Waals surface area contributed by atoms with Crippen LogP contribution >= 0.6 is 0 Å². The molecule has 0 radical (unpaired) electrons. The summed E-state index contributed by atoms with van der Waals surface area (Å²) in [5.41, 5.74) is -0.117. The van der Waals surface area contributed by atoms with Crippen molar-refractivity contribution in [3.05, 3.63) is 29.8 Å². The number of nitrogens with zero attached hydrogens (tertiary/aromatic N) is 1. The molecule has 2 N–H and O–H groups in total. The van der Waals surface area contributed by atoms with Crippen molar-refractivity contribution in [2.45, 2.75) is 13.0 Å². The summed E-state index contributed by atoms with van der Waals surface area (Å²) in [6.07, 6.45) is 0.611. The number of amides is 1. The van der Waals surface area contributed by atoms with Crippen LogP contribution < -0.4 is 5.32 Å². The van der Waals surface area contributed by atoms with Crippen molar-refractivity contribution >= 4 is 5.91 Å². The number of hydrogen-bond acceptors (Lipinski definition) is 3. The molecule has 0 aliphatic heterocycles. The van der Waals surface area contributed by atoms with Gasteiger partial charge < -0.3 is 10.4 Å². The summed E-state index contributed by atoms with van der Waals surface area (Å²) < 4.78 is 12.9. The Kier molecular flexibility index (Phi) is 3.53. The second kappa shape index (κ2) is 4.66. The summed E-state index contributed by atoms with van der Waals surface area (Å²) in [7, 11) is 0. The van der Waals surface area contributed by atoms with Gasteiger partial charge in [0.1, 0.15) is 0 Å². The quantitative estimate of drug-likeness (QED) is 0.688. The maximum absolute atomic E-state index is 12.9. The minimum absolute atomic E-state index is 0.0904. The van der Waals surface area contributed by atoms with Gasteiger partial charge in [0.2, 0.25) is 5.95 Å². The van der Waals surface area contributed by atoms with E-state index in [1.165, 1.54) is 25.3 Å². The molecule has 14 heavy (non-hydrogen) atoms. The molecule has 0 saturated carbocycles. The number of carbonyl (C=O) groups excluding carboxylic acids is 1. The number of carbonyl (C=O) groups is 1. The van der Waals surface area contributed by atoms with E-state index < -0.39 is 18.0 Å². The third kappa shape index (κ3) is 2.77. The van der Waals surface area contributed by atoms with Crippen LogP contribution in [0.15, 0.2) is 18.3 Å². The van der Waals surface area contributed by atoms with Crippen LogP contribution in [-0.4, -0.2) is 28.6 Å². The molecule has 1 rings (SSSR count). The molecule has 4 nitrogen and oxygen atoms in total. The average molecular weight is 198 g/mol. The van der Waals surface area contributed by atoms with Crippen LogP contribution in [0.4, 0.5) is 4.39 Å². The maximum atomic E-state index is 12.9. The van der Waals surface area contributed by atoms with Gasteiger partial charge in [-0.1, -0.05) is 0 Å². The molecule has 1 heterocycles. The second-order valence-corrected chi connectivity index (χ2v) is 2.90. The normalized spacial score (nSPS) is 12.2. The Morgan fingerprint density at radius 1 is 1.79 bits per heavy atom. The predicted molar refractivity (Wildman–Crippen MR) is 48.2 cm³/mol. The van der Waals surface area contributed by atoms with Gasteiger partial charge in [0.05, 0.1) is 11.7 Å². The molecule has 1 amide bonds. The summed E-state index contributed by atoms with van der Waals surface area (Å²) in [6, 6.07) is 2.81. The lowest BCUT2D eigenvalue weighted by Gasteiger charge is -2.06. The van der Waals surface area contributed by atoms with E-state index in [2.05, 4.69) is 10.3 Å². The molecule has 76 valence electrons. The van der Waals surface area contributed by atoms with Crippen molar-refractivity contribution in [1.29, 1.82) is 0 Å². The van der Waals surface area contributed by atoms with Gasteiger partial charge in [0, 0.05) is 12.7 Å². The molecule has 0 aliphatic rings. The largest absolute Gasteiger partial charge is 0.392 e. The van der Waals surface area contributed by atoms with Gasteiger partial charge in [0.25, 0.3) is 5.91 Å². The number of rotatable bonds is 3. The Morgan fingerprint density at radius 3 is 3.07 bits per heavy atom. The highest BCUT2D eigenvalue weighted by atomic mass is 19.1. The van der Waals surface area contributed by atoms with Crippen molar-refractivity contribution in [3.8, 4) is 0 Å². The Bertz CT molecular complexity index is 328. The minimum Gasteiger partial charge on any atom is -0.392 e. The summed E-state index contributed by atoms with van der Waals surface area (Å²) in [6.45, 7) is 1.62. The second-order valence-electron chi connectivity index (χ2n) is 2.90. The Balaban J connectivity index is 2.65. The zero-order chi connectivity index (χ0) is 10.6. The molecule has 0 fully saturated rings. The highest BCUT2D eigenvalue weighted by Crippen LogP contribution is 2.02. The van der Waals surface area contributed by atoms with Gasteiger partial charge in [-0.25, -0.2) is 4.98 Å². The number of aromatic nitrogens is 1. The number of nitrogens with one attached hydrogen (secondary N) is 1. The lowest BCUT2D eigenvalue weighted by molar-refractivity contribution is 0.0919. The fraction of sp³-hybridized carbons (Fsp3) is 0.333. The van der Waals surface area contributed by atoms with Gasteiger partial charge in [-0.15, -0.1) is 0 Å². The third-order valence-electron chi connectivity index (χ3n) is 1.56. The van der Waals surface area contributed by atoms with Crippen molar-refractivity contribution in [3.63, 3.8) is 0 Å². The third-order valence-corrected chi connectivity index (χ3v) is 1.56. The molecule has 0 saturated heterocycles. The smallest absolute Gasteiger partial charge is 0.256 e. The van der Waals surface area contributed by atoms with Gasteiger partial charge in [-0.3, -0.25) is 4.79 Å². The van der Waals surface area contributed by atoms with Crippen LogP contribution in [-0.2, 0) is 0 Å². The van der Waals surface area contributed by atoms with Crippen molar-refractivity contribution < 1.29 is 14.3 Å². The van der Waals surface area contributed by atoms with E-state index in [-0.39, 0.29) is 12.1 Å². The fourth-order valence-electron chi connectivity index (χ4n) is 0.891. The first-order valence-corrected chi connectivity index (χ1v) is 4.18. The fourth-order valence-corrected chi connectivity index (χ4v) is 0.891. The Morgan fingerprint density at radius 2 is 2.50 bits per heavy atom. The van der Waals surface area contributed by atoms with E-state index >= 15 is 0 Å². The average Bonchev–Trinajstić information content (AvgIpc) is 2.15. The summed E-state index contributed by atoms with van der Waals surface area (Å²) >= 11 is 0. The standard InChI is InChI=1S/C9H11FN2O2/c1-6(13)5-12-9(14)7-3-2-4-11-8(7)10/h2-4,6,13H,5H2,1H3,(H,12,14)/t6-/m0/s1. The minimum atomic E-state index is -0.810. The Labute approximate surface area is 80.8 Å². The molecular weight excluding hydrogens is 187 g/mol. The maximum Gasteiger partial charge on any atom is 0.256 e. The SMILES string of the molecule is C[C@H](O)CNC(=O)c1cccnc1F. The molecule has 5 heteroatoms. The lowest BCUT2D eigenvalue weighted by atomic mass is 10.2. The molecule has 1 aromatic rings. The van der Waals surface area contributed by atoms with Crippen molar-refractivity contribution in [2.24, 2.45) is 0 Å². The van der Waals surface area contributed by atoms with Crippen LogP contribution in [0.25, 0.3) is 0 Å². The first kappa shape index (κ1) is 10.6. The highest BCUT2D eigenvalue weighted by Gasteiger charge is 2.11. The molecule has 0 spiro atoms. The van der Waals surface area contributed by atoms with Gasteiger partial charge in [-0.2, -0.15) is 4.39 Å². The van der Waals surface area contributed by atoms with Crippen LogP contribution in [0.2, 0.25) is 0 Å². The number of aliphatic hydroxyl groups is 1. The van der Waals surface area contributed by atoms with E-state index in [0.717, 1.165) is 0 Å². The monoisotopic (exact) mass is 198 g/mol. The van der Waals surface area contributed by atoms with E-state index in [1.807, 2.05) is 0 Å². The van der Waals surface area contributed by atoms with E-state index in [1.54, 1.807) is 0 Å². The molecule has 0 aliphatic carbocycles. The van der Waals surface area contributed by atoms with Gasteiger partial charge >= 0.3 is 0 Å². The van der Waals surface area contributed by atoms with E-state index in [9.17, 15) is 9.18 Å². The van der Waals surface area contributed by atoms with Crippen LogP contribution in [0, 0.1) is 5.95 Å². The molecule has 1 atom stereocenters. The number of pyridine rings is 1. The lowest BCUT2D eigenvalue weighted by Crippen LogP contribution is -2.31. The molecule has 0 unspecified atom stereocenters. The Hall–Kier alpha value is -1.49. The van der Waals surface area contributed by atoms with Gasteiger partial charge in [0.15, 0.2) is 0 Å². The van der Waals surface area contributed by atoms with Gasteiger partial charge in [-0.05, 0) is 19.1 Å². The number of hydrogen-bond donors (Lipinski definition) is 2. The molecule has 1 aromatic heterocycles. The highest BCUT2D eigenvalue weighted by molar-refractivity contribution is 5.94. The summed E-state index contributed by atoms with van der Waals surface area (Å²) in [4.78, 5) is 14.6. The predicted octanol–water partition coefficient (Wildman–Crippen LogP) is 0.331. The number of halogens is 1. The first-order valence-electron chi connectivity index (χ1n) is 4.18. The summed E-state index contributed by atoms with van der Waals surface area (Å²) in [5, 5.41) is 11.3. The zero-order valence-corrected chi connectivity index (χ0v) is 7.70. The molecule has 0 bridgehead atoms. The topological polar surface area (TPSA) is 62.2 Å². The van der Waals surface area contributed by atoms with Crippen molar-refractivity contribution in [2.75, 3.05) is 6.54 Å². The zero-order valence-electron chi connectivity index (χ0n) is 7.70. The van der Waals surface area contributed by atoms with E-state index in [0.29, 0.717) is 0 Å². The first-order chi connectivity index (χ1) is 6.61.